The SMILES string of the molecule is CCCCn1c(=O)[nH]c(=O)c2c1nc(CNc1ccccc1C(=O)NC)n2CC. The van der Waals surface area contributed by atoms with Crippen molar-refractivity contribution in [1.29, 1.82) is 0 Å². The monoisotopic (exact) mass is 398 g/mol. The van der Waals surface area contributed by atoms with Crippen molar-refractivity contribution >= 4 is 22.8 Å². The van der Waals surface area contributed by atoms with E-state index in [0.717, 1.165) is 12.8 Å². The van der Waals surface area contributed by atoms with E-state index in [0.29, 0.717) is 47.9 Å². The molecule has 0 unspecified atom stereocenters. The van der Waals surface area contributed by atoms with Gasteiger partial charge in [0.05, 0.1) is 12.1 Å². The van der Waals surface area contributed by atoms with Crippen LogP contribution in [0.3, 0.4) is 0 Å². The average Bonchev–Trinajstić information content (AvgIpc) is 3.10. The second kappa shape index (κ2) is 8.76. The van der Waals surface area contributed by atoms with Crippen molar-refractivity contribution in [2.75, 3.05) is 12.4 Å². The average molecular weight is 398 g/mol. The number of aromatic amines is 1. The third kappa shape index (κ3) is 3.94. The van der Waals surface area contributed by atoms with E-state index in [1.54, 1.807) is 23.7 Å². The lowest BCUT2D eigenvalue weighted by molar-refractivity contribution is 0.0964. The fourth-order valence-corrected chi connectivity index (χ4v) is 3.36. The van der Waals surface area contributed by atoms with Crippen LogP contribution in [0.2, 0.25) is 0 Å². The molecule has 9 heteroatoms. The number of rotatable bonds is 8. The van der Waals surface area contributed by atoms with E-state index in [-0.39, 0.29) is 5.91 Å². The molecule has 0 aliphatic carbocycles. The summed E-state index contributed by atoms with van der Waals surface area (Å²) in [6, 6.07) is 7.18. The summed E-state index contributed by atoms with van der Waals surface area (Å²) in [4.78, 5) is 43.9. The van der Waals surface area contributed by atoms with Crippen LogP contribution in [0.4, 0.5) is 5.69 Å². The zero-order valence-electron chi connectivity index (χ0n) is 16.9. The van der Waals surface area contributed by atoms with Gasteiger partial charge in [-0.15, -0.1) is 0 Å². The molecule has 0 aliphatic rings. The highest BCUT2D eigenvalue weighted by Gasteiger charge is 2.18. The van der Waals surface area contributed by atoms with Crippen LogP contribution in [0.15, 0.2) is 33.9 Å². The number of nitrogens with one attached hydrogen (secondary N) is 3. The number of fused-ring (bicyclic) bond motifs is 1. The maximum Gasteiger partial charge on any atom is 0.330 e. The summed E-state index contributed by atoms with van der Waals surface area (Å²) in [7, 11) is 1.58. The van der Waals surface area contributed by atoms with Gasteiger partial charge in [0.1, 0.15) is 5.82 Å². The third-order valence-electron chi connectivity index (χ3n) is 4.85. The van der Waals surface area contributed by atoms with E-state index < -0.39 is 11.2 Å². The maximum atomic E-state index is 12.5. The quantitative estimate of drug-likeness (QED) is 0.534. The Bertz CT molecular complexity index is 1140. The zero-order chi connectivity index (χ0) is 21.0. The van der Waals surface area contributed by atoms with Gasteiger partial charge in [-0.1, -0.05) is 25.5 Å². The van der Waals surface area contributed by atoms with Gasteiger partial charge in [0.25, 0.3) is 11.5 Å². The lowest BCUT2D eigenvalue weighted by Crippen LogP contribution is -2.31. The van der Waals surface area contributed by atoms with Gasteiger partial charge in [-0.3, -0.25) is 19.1 Å². The van der Waals surface area contributed by atoms with Crippen molar-refractivity contribution in [2.45, 2.75) is 46.3 Å². The number of hydrogen-bond donors (Lipinski definition) is 3. The molecule has 0 bridgehead atoms. The Morgan fingerprint density at radius 2 is 1.93 bits per heavy atom. The molecule has 154 valence electrons. The zero-order valence-corrected chi connectivity index (χ0v) is 16.9. The lowest BCUT2D eigenvalue weighted by atomic mass is 10.1. The molecule has 3 rings (SSSR count). The van der Waals surface area contributed by atoms with Crippen LogP contribution in [0.5, 0.6) is 0 Å². The third-order valence-corrected chi connectivity index (χ3v) is 4.85. The summed E-state index contributed by atoms with van der Waals surface area (Å²) in [5, 5.41) is 5.85. The first-order valence-electron chi connectivity index (χ1n) is 9.79. The predicted molar refractivity (Wildman–Crippen MR) is 112 cm³/mol. The molecule has 0 radical (unpaired) electrons. The molecular formula is C20H26N6O3. The largest absolute Gasteiger partial charge is 0.377 e. The van der Waals surface area contributed by atoms with Gasteiger partial charge in [-0.2, -0.15) is 0 Å². The number of para-hydroxylation sites is 1. The number of amides is 1. The van der Waals surface area contributed by atoms with Crippen molar-refractivity contribution < 1.29 is 4.79 Å². The molecule has 0 atom stereocenters. The molecule has 0 spiro atoms. The highest BCUT2D eigenvalue weighted by Crippen LogP contribution is 2.18. The number of aryl methyl sites for hydroxylation is 2. The van der Waals surface area contributed by atoms with Crippen LogP contribution < -0.4 is 21.9 Å². The number of benzene rings is 1. The minimum Gasteiger partial charge on any atom is -0.377 e. The molecule has 3 N–H and O–H groups in total. The number of unbranched alkanes of at least 4 members (excludes halogenated alkanes) is 1. The second-order valence-corrected chi connectivity index (χ2v) is 6.69. The van der Waals surface area contributed by atoms with Gasteiger partial charge in [-0.25, -0.2) is 9.78 Å². The summed E-state index contributed by atoms with van der Waals surface area (Å²) in [6.07, 6.45) is 1.74. The van der Waals surface area contributed by atoms with Crippen LogP contribution in [0.1, 0.15) is 42.9 Å². The van der Waals surface area contributed by atoms with E-state index in [1.807, 2.05) is 26.0 Å². The number of hydrogen-bond acceptors (Lipinski definition) is 5. The first-order chi connectivity index (χ1) is 14.0. The molecule has 0 aliphatic heterocycles. The summed E-state index contributed by atoms with van der Waals surface area (Å²) in [5.41, 5.74) is 1.08. The van der Waals surface area contributed by atoms with Crippen LogP contribution in [0, 0.1) is 0 Å². The van der Waals surface area contributed by atoms with E-state index in [1.165, 1.54) is 4.57 Å². The van der Waals surface area contributed by atoms with Crippen LogP contribution in [-0.4, -0.2) is 32.1 Å². The first kappa shape index (κ1) is 20.4. The van der Waals surface area contributed by atoms with Gasteiger partial charge in [0.15, 0.2) is 11.2 Å². The summed E-state index contributed by atoms with van der Waals surface area (Å²) in [5.74, 6) is 0.428. The Hall–Kier alpha value is -3.36. The smallest absolute Gasteiger partial charge is 0.330 e. The first-order valence-corrected chi connectivity index (χ1v) is 9.79. The number of H-pyrrole nitrogens is 1. The Kier molecular flexibility index (Phi) is 6.16. The van der Waals surface area contributed by atoms with Gasteiger partial charge in [0, 0.05) is 25.8 Å². The van der Waals surface area contributed by atoms with Gasteiger partial charge >= 0.3 is 5.69 Å². The van der Waals surface area contributed by atoms with E-state index in [2.05, 4.69) is 20.6 Å². The molecule has 1 aromatic carbocycles. The lowest BCUT2D eigenvalue weighted by Gasteiger charge is -2.11. The Morgan fingerprint density at radius 1 is 1.17 bits per heavy atom. The van der Waals surface area contributed by atoms with Crippen LogP contribution >= 0.6 is 0 Å². The molecule has 0 saturated carbocycles. The van der Waals surface area contributed by atoms with Crippen molar-refractivity contribution in [3.8, 4) is 0 Å². The van der Waals surface area contributed by atoms with Crippen molar-refractivity contribution in [1.82, 2.24) is 24.4 Å². The highest BCUT2D eigenvalue weighted by atomic mass is 16.2. The molecular weight excluding hydrogens is 372 g/mol. The number of imidazole rings is 1. The molecule has 2 heterocycles. The minimum atomic E-state index is -0.443. The molecule has 1 amide bonds. The number of anilines is 1. The van der Waals surface area contributed by atoms with E-state index in [4.69, 9.17) is 0 Å². The predicted octanol–water partition coefficient (Wildman–Crippen LogP) is 1.68. The second-order valence-electron chi connectivity index (χ2n) is 6.69. The van der Waals surface area contributed by atoms with Crippen molar-refractivity contribution in [3.63, 3.8) is 0 Å². The Labute approximate surface area is 167 Å². The summed E-state index contributed by atoms with van der Waals surface area (Å²) >= 11 is 0. The molecule has 3 aromatic rings. The van der Waals surface area contributed by atoms with E-state index in [9.17, 15) is 14.4 Å². The minimum absolute atomic E-state index is 0.193. The number of aromatic nitrogens is 4. The normalized spacial score (nSPS) is 11.0. The number of nitrogens with zero attached hydrogens (tertiary/aromatic N) is 3. The maximum absolute atomic E-state index is 12.5. The van der Waals surface area contributed by atoms with Gasteiger partial charge < -0.3 is 15.2 Å². The molecule has 9 nitrogen and oxygen atoms in total. The Morgan fingerprint density at radius 3 is 2.62 bits per heavy atom. The summed E-state index contributed by atoms with van der Waals surface area (Å²) < 4.78 is 3.32. The van der Waals surface area contributed by atoms with Crippen LogP contribution in [0.25, 0.3) is 11.2 Å². The fourth-order valence-electron chi connectivity index (χ4n) is 3.36. The molecule has 2 aromatic heterocycles. The van der Waals surface area contributed by atoms with Crippen LogP contribution in [-0.2, 0) is 19.6 Å². The molecule has 0 saturated heterocycles. The van der Waals surface area contributed by atoms with Crippen molar-refractivity contribution in [3.05, 3.63) is 56.5 Å². The number of carbonyl (C=O) groups is 1. The fraction of sp³-hybridized carbons (Fsp3) is 0.400. The molecule has 0 fully saturated rings. The number of carbonyl (C=O) groups excluding carboxylic acids is 1. The topological polar surface area (TPSA) is 114 Å². The summed E-state index contributed by atoms with van der Waals surface area (Å²) in [6.45, 7) is 5.29. The van der Waals surface area contributed by atoms with E-state index >= 15 is 0 Å². The van der Waals surface area contributed by atoms with Crippen molar-refractivity contribution in [2.24, 2.45) is 0 Å². The highest BCUT2D eigenvalue weighted by molar-refractivity contribution is 5.99. The van der Waals surface area contributed by atoms with Gasteiger partial charge in [0.2, 0.25) is 0 Å². The molecule has 29 heavy (non-hydrogen) atoms. The van der Waals surface area contributed by atoms with Gasteiger partial charge in [-0.05, 0) is 25.5 Å². The Balaban J connectivity index is 2.03. The standard InChI is InChI=1S/C20H26N6O3/c1-4-6-11-26-17-16(19(28)24-20(26)29)25(5-2)15(23-17)12-22-14-10-8-7-9-13(14)18(27)21-3/h7-10,22H,4-6,11-12H2,1-3H3,(H,21,27)(H,24,28,29).